The van der Waals surface area contributed by atoms with Crippen LogP contribution in [0, 0.1) is 6.92 Å². The van der Waals surface area contributed by atoms with Gasteiger partial charge in [0.1, 0.15) is 0 Å². The van der Waals surface area contributed by atoms with Crippen molar-refractivity contribution in [3.63, 3.8) is 0 Å². The number of hydrogen-bond donors (Lipinski definition) is 2. The highest BCUT2D eigenvalue weighted by Gasteiger charge is 2.02. The second kappa shape index (κ2) is 5.13. The third-order valence-corrected chi connectivity index (χ3v) is 3.09. The Morgan fingerprint density at radius 2 is 2.00 bits per heavy atom. The maximum absolute atomic E-state index is 11.5. The van der Waals surface area contributed by atoms with Gasteiger partial charge in [-0.05, 0) is 18.6 Å². The third-order valence-electron chi connectivity index (χ3n) is 3.09. The molecule has 2 N–H and O–H groups in total. The minimum atomic E-state index is -0.174. The molecule has 0 unspecified atom stereocenters. The number of aromatic amines is 1. The second-order valence-electron chi connectivity index (χ2n) is 4.64. The topological polar surface area (TPSA) is 70.7 Å². The van der Waals surface area contributed by atoms with Crippen LogP contribution in [0.5, 0.6) is 0 Å². The van der Waals surface area contributed by atoms with Gasteiger partial charge in [-0.25, -0.2) is 9.97 Å². The van der Waals surface area contributed by atoms with Gasteiger partial charge >= 0.3 is 0 Å². The molecule has 0 bridgehead atoms. The van der Waals surface area contributed by atoms with Crippen LogP contribution in [0.1, 0.15) is 11.1 Å². The lowest BCUT2D eigenvalue weighted by Crippen LogP contribution is -2.08. The summed E-state index contributed by atoms with van der Waals surface area (Å²) in [5.41, 5.74) is 2.85. The Hall–Kier alpha value is -2.69. The zero-order valence-corrected chi connectivity index (χ0v) is 11.1. The molecule has 0 atom stereocenters. The van der Waals surface area contributed by atoms with E-state index in [0.717, 1.165) is 5.56 Å². The smallest absolute Gasteiger partial charge is 0.258 e. The summed E-state index contributed by atoms with van der Waals surface area (Å²) in [6.45, 7) is 2.70. The molecular formula is C15H14N4O. The molecule has 5 heteroatoms. The van der Waals surface area contributed by atoms with E-state index in [0.29, 0.717) is 23.4 Å². The number of aromatic nitrogens is 3. The Labute approximate surface area is 115 Å². The molecule has 0 spiro atoms. The molecule has 0 saturated heterocycles. The quantitative estimate of drug-likeness (QED) is 0.762. The lowest BCUT2D eigenvalue weighted by atomic mass is 10.1. The Balaban J connectivity index is 1.81. The monoisotopic (exact) mass is 266 g/mol. The average molecular weight is 266 g/mol. The lowest BCUT2D eigenvalue weighted by molar-refractivity contribution is 1.07. The zero-order chi connectivity index (χ0) is 13.9. The number of benzene rings is 1. The van der Waals surface area contributed by atoms with Gasteiger partial charge in [0, 0.05) is 18.9 Å². The van der Waals surface area contributed by atoms with Crippen LogP contribution in [0.25, 0.3) is 10.9 Å². The van der Waals surface area contributed by atoms with Crippen molar-refractivity contribution in [3.8, 4) is 0 Å². The summed E-state index contributed by atoms with van der Waals surface area (Å²) in [7, 11) is 0. The van der Waals surface area contributed by atoms with E-state index in [2.05, 4.69) is 51.5 Å². The molecule has 0 aliphatic carbocycles. The summed E-state index contributed by atoms with van der Waals surface area (Å²) in [6.07, 6.45) is 3.13. The number of anilines is 1. The summed E-state index contributed by atoms with van der Waals surface area (Å²) in [4.78, 5) is 22.6. The molecule has 2 heterocycles. The Morgan fingerprint density at radius 3 is 2.80 bits per heavy atom. The van der Waals surface area contributed by atoms with Gasteiger partial charge in [-0.2, -0.15) is 0 Å². The summed E-state index contributed by atoms with van der Waals surface area (Å²) in [5.74, 6) is 0.517. The molecule has 0 aliphatic rings. The molecule has 3 aromatic rings. The standard InChI is InChI=1S/C15H14N4O/c1-10-2-4-11(5-3-10)8-17-15-18-9-12-13(19-15)6-7-16-14(12)20/h2-7,9H,8H2,1H3,(H,16,20)(H,17,18,19). The Bertz CT molecular complexity index is 793. The zero-order valence-electron chi connectivity index (χ0n) is 11.1. The molecule has 2 aromatic heterocycles. The van der Waals surface area contributed by atoms with E-state index in [9.17, 15) is 4.79 Å². The molecular weight excluding hydrogens is 252 g/mol. The van der Waals surface area contributed by atoms with Gasteiger partial charge in [0.2, 0.25) is 5.95 Å². The summed E-state index contributed by atoms with van der Waals surface area (Å²) >= 11 is 0. The van der Waals surface area contributed by atoms with Crippen LogP contribution in [0.15, 0.2) is 47.5 Å². The molecule has 0 fully saturated rings. The molecule has 100 valence electrons. The molecule has 0 aliphatic heterocycles. The first-order chi connectivity index (χ1) is 9.72. The summed E-state index contributed by atoms with van der Waals surface area (Å²) < 4.78 is 0. The van der Waals surface area contributed by atoms with Crippen molar-refractivity contribution < 1.29 is 0 Å². The highest BCUT2D eigenvalue weighted by Crippen LogP contribution is 2.09. The van der Waals surface area contributed by atoms with Crippen LogP contribution in [-0.4, -0.2) is 15.0 Å². The molecule has 1 aromatic carbocycles. The van der Waals surface area contributed by atoms with Gasteiger partial charge in [-0.15, -0.1) is 0 Å². The number of pyridine rings is 1. The first-order valence-electron chi connectivity index (χ1n) is 6.36. The third kappa shape index (κ3) is 2.51. The molecule has 5 nitrogen and oxygen atoms in total. The van der Waals surface area contributed by atoms with Gasteiger partial charge in [0.25, 0.3) is 5.56 Å². The SMILES string of the molecule is Cc1ccc(CNc2ncc3c(=O)[nH]ccc3n2)cc1. The Morgan fingerprint density at radius 1 is 1.20 bits per heavy atom. The van der Waals surface area contributed by atoms with E-state index >= 15 is 0 Å². The summed E-state index contributed by atoms with van der Waals surface area (Å²) in [5, 5.41) is 3.65. The van der Waals surface area contributed by atoms with Crippen LogP contribution >= 0.6 is 0 Å². The molecule has 3 rings (SSSR count). The van der Waals surface area contributed by atoms with Crippen molar-refractivity contribution >= 4 is 16.9 Å². The van der Waals surface area contributed by atoms with Crippen molar-refractivity contribution in [2.24, 2.45) is 0 Å². The van der Waals surface area contributed by atoms with Crippen LogP contribution < -0.4 is 10.9 Å². The molecule has 0 amide bonds. The molecule has 0 radical (unpaired) electrons. The van der Waals surface area contributed by atoms with E-state index < -0.39 is 0 Å². The highest BCUT2D eigenvalue weighted by molar-refractivity contribution is 5.77. The first-order valence-corrected chi connectivity index (χ1v) is 6.36. The summed E-state index contributed by atoms with van der Waals surface area (Å²) in [6, 6.07) is 10.0. The second-order valence-corrected chi connectivity index (χ2v) is 4.64. The van der Waals surface area contributed by atoms with Gasteiger partial charge < -0.3 is 10.3 Å². The minimum absolute atomic E-state index is 0.174. The van der Waals surface area contributed by atoms with Crippen LogP contribution in [0.3, 0.4) is 0 Å². The normalized spacial score (nSPS) is 10.7. The number of H-pyrrole nitrogens is 1. The number of fused-ring (bicyclic) bond motifs is 1. The van der Waals surface area contributed by atoms with Crippen molar-refractivity contribution in [1.29, 1.82) is 0 Å². The van der Waals surface area contributed by atoms with Gasteiger partial charge in [-0.3, -0.25) is 4.79 Å². The van der Waals surface area contributed by atoms with Crippen molar-refractivity contribution in [2.75, 3.05) is 5.32 Å². The fraction of sp³-hybridized carbons (Fsp3) is 0.133. The fourth-order valence-corrected chi connectivity index (χ4v) is 1.94. The predicted molar refractivity (Wildman–Crippen MR) is 78.7 cm³/mol. The van der Waals surface area contributed by atoms with Crippen LogP contribution in [-0.2, 0) is 6.54 Å². The van der Waals surface area contributed by atoms with E-state index in [4.69, 9.17) is 0 Å². The van der Waals surface area contributed by atoms with E-state index in [1.165, 1.54) is 5.56 Å². The van der Waals surface area contributed by atoms with Gasteiger partial charge in [0.05, 0.1) is 10.9 Å². The number of aryl methyl sites for hydroxylation is 1. The molecule has 0 saturated carbocycles. The number of rotatable bonds is 3. The van der Waals surface area contributed by atoms with Gasteiger partial charge in [-0.1, -0.05) is 29.8 Å². The van der Waals surface area contributed by atoms with E-state index in [-0.39, 0.29) is 5.56 Å². The lowest BCUT2D eigenvalue weighted by Gasteiger charge is -2.05. The molecule has 20 heavy (non-hydrogen) atoms. The number of nitrogens with one attached hydrogen (secondary N) is 2. The first kappa shape index (κ1) is 12.3. The fourth-order valence-electron chi connectivity index (χ4n) is 1.94. The van der Waals surface area contributed by atoms with E-state index in [1.54, 1.807) is 18.5 Å². The van der Waals surface area contributed by atoms with E-state index in [1.807, 2.05) is 0 Å². The van der Waals surface area contributed by atoms with Crippen LogP contribution in [0.4, 0.5) is 5.95 Å². The Kier molecular flexibility index (Phi) is 3.16. The van der Waals surface area contributed by atoms with Crippen molar-refractivity contribution in [3.05, 3.63) is 64.2 Å². The van der Waals surface area contributed by atoms with Crippen molar-refractivity contribution in [2.45, 2.75) is 13.5 Å². The van der Waals surface area contributed by atoms with Crippen LogP contribution in [0.2, 0.25) is 0 Å². The maximum Gasteiger partial charge on any atom is 0.258 e. The minimum Gasteiger partial charge on any atom is -0.350 e. The average Bonchev–Trinajstić information content (AvgIpc) is 2.47. The van der Waals surface area contributed by atoms with Gasteiger partial charge in [0.15, 0.2) is 0 Å². The predicted octanol–water partition coefficient (Wildman–Crippen LogP) is 2.24. The number of hydrogen-bond acceptors (Lipinski definition) is 4. The maximum atomic E-state index is 11.5. The van der Waals surface area contributed by atoms with Crippen molar-refractivity contribution in [1.82, 2.24) is 15.0 Å². The largest absolute Gasteiger partial charge is 0.350 e. The number of nitrogens with zero attached hydrogens (tertiary/aromatic N) is 2. The highest BCUT2D eigenvalue weighted by atomic mass is 16.1.